The summed E-state index contributed by atoms with van der Waals surface area (Å²) in [6, 6.07) is 0. The van der Waals surface area contributed by atoms with Gasteiger partial charge in [-0.3, -0.25) is 9.59 Å². The van der Waals surface area contributed by atoms with Crippen LogP contribution in [0.1, 0.15) is 124 Å². The van der Waals surface area contributed by atoms with Crippen molar-refractivity contribution in [1.29, 1.82) is 0 Å². The Morgan fingerprint density at radius 3 is 1.42 bits per heavy atom. The Morgan fingerprint density at radius 2 is 1.03 bits per heavy atom. The first-order valence-corrected chi connectivity index (χ1v) is 15.3. The first-order chi connectivity index (χ1) is 18.2. The van der Waals surface area contributed by atoms with Crippen molar-refractivity contribution in [3.8, 4) is 0 Å². The number of carbonyl (C=O) groups is 3. The SMILES string of the molecule is CCCCCC/C=C/CCCCCCCC[N+](CC(CC)C(=O)[O-])(CC(CC)C(=O)O)CC(CC)C(=O)O. The summed E-state index contributed by atoms with van der Waals surface area (Å²) in [6.07, 6.45) is 19.7. The van der Waals surface area contributed by atoms with Crippen LogP contribution < -0.4 is 5.11 Å². The van der Waals surface area contributed by atoms with Gasteiger partial charge in [0.25, 0.3) is 0 Å². The van der Waals surface area contributed by atoms with Crippen LogP contribution in [0.4, 0.5) is 0 Å². The van der Waals surface area contributed by atoms with Gasteiger partial charge in [-0.15, -0.1) is 0 Å². The number of hydrogen-bond donors (Lipinski definition) is 2. The van der Waals surface area contributed by atoms with Crippen molar-refractivity contribution in [2.75, 3.05) is 26.2 Å². The molecule has 0 rings (SSSR count). The first-order valence-electron chi connectivity index (χ1n) is 15.3. The predicted octanol–water partition coefficient (Wildman–Crippen LogP) is 6.06. The van der Waals surface area contributed by atoms with Crippen LogP contribution in [0.25, 0.3) is 0 Å². The lowest BCUT2D eigenvalue weighted by atomic mass is 9.95. The van der Waals surface area contributed by atoms with Crippen LogP contribution in [0.3, 0.4) is 0 Å². The average molecular weight is 540 g/mol. The summed E-state index contributed by atoms with van der Waals surface area (Å²) >= 11 is 0. The molecule has 0 aromatic heterocycles. The van der Waals surface area contributed by atoms with E-state index < -0.39 is 35.7 Å². The van der Waals surface area contributed by atoms with Crippen LogP contribution >= 0.6 is 0 Å². The third kappa shape index (κ3) is 16.2. The highest BCUT2D eigenvalue weighted by Crippen LogP contribution is 2.25. The molecule has 222 valence electrons. The van der Waals surface area contributed by atoms with Gasteiger partial charge in [0.05, 0.1) is 32.1 Å². The fourth-order valence-electron chi connectivity index (χ4n) is 5.38. The first kappa shape index (κ1) is 36.1. The molecule has 0 aliphatic carbocycles. The second kappa shape index (κ2) is 22.0. The Labute approximate surface area is 232 Å². The largest absolute Gasteiger partial charge is 0.550 e. The van der Waals surface area contributed by atoms with E-state index in [1.54, 1.807) is 6.92 Å². The van der Waals surface area contributed by atoms with Gasteiger partial charge < -0.3 is 24.6 Å². The molecule has 3 atom stereocenters. The van der Waals surface area contributed by atoms with E-state index in [0.29, 0.717) is 25.8 Å². The lowest BCUT2D eigenvalue weighted by molar-refractivity contribution is -0.935. The summed E-state index contributed by atoms with van der Waals surface area (Å²) in [7, 11) is 0. The standard InChI is InChI=1S/C31H57NO6/c1-5-9-10-11-12-13-14-15-16-17-18-19-20-21-22-32(23-26(6-2)29(33)34,24-27(7-3)30(35)36)25-28(8-4)31(37)38/h13-14,26-28H,5-12,15-25H2,1-4H3,(H2-,33,34,35,36,37,38)/b14-13+. The van der Waals surface area contributed by atoms with E-state index in [1.807, 2.05) is 13.8 Å². The number of rotatable bonds is 26. The fraction of sp³-hybridized carbons (Fsp3) is 0.839. The van der Waals surface area contributed by atoms with E-state index in [2.05, 4.69) is 19.1 Å². The maximum Gasteiger partial charge on any atom is 0.312 e. The van der Waals surface area contributed by atoms with Gasteiger partial charge in [-0.2, -0.15) is 0 Å². The third-order valence-corrected chi connectivity index (χ3v) is 7.98. The average Bonchev–Trinajstić information content (AvgIpc) is 2.88. The van der Waals surface area contributed by atoms with Crippen molar-refractivity contribution in [3.63, 3.8) is 0 Å². The molecule has 0 saturated carbocycles. The molecule has 0 heterocycles. The predicted molar refractivity (Wildman–Crippen MR) is 152 cm³/mol. The summed E-state index contributed by atoms with van der Waals surface area (Å²) in [4.78, 5) is 35.7. The molecule has 0 bridgehead atoms. The molecular weight excluding hydrogens is 482 g/mol. The van der Waals surface area contributed by atoms with Crippen LogP contribution in [-0.4, -0.2) is 58.8 Å². The highest BCUT2D eigenvalue weighted by Gasteiger charge is 2.39. The summed E-state index contributed by atoms with van der Waals surface area (Å²) in [5.74, 6) is -4.96. The molecule has 0 radical (unpaired) electrons. The van der Waals surface area contributed by atoms with E-state index in [-0.39, 0.29) is 24.1 Å². The molecule has 7 nitrogen and oxygen atoms in total. The number of unbranched alkanes of at least 4 members (excludes halogenated alkanes) is 10. The van der Waals surface area contributed by atoms with Crippen molar-refractivity contribution in [2.24, 2.45) is 17.8 Å². The summed E-state index contributed by atoms with van der Waals surface area (Å²) < 4.78 is 0.213. The molecule has 2 N–H and O–H groups in total. The highest BCUT2D eigenvalue weighted by atomic mass is 16.4. The zero-order chi connectivity index (χ0) is 28.8. The lowest BCUT2D eigenvalue weighted by Crippen LogP contribution is -2.59. The Balaban J connectivity index is 5.07. The summed E-state index contributed by atoms with van der Waals surface area (Å²) in [5.41, 5.74) is 0. The molecule has 0 spiro atoms. The van der Waals surface area contributed by atoms with E-state index >= 15 is 0 Å². The molecule has 0 saturated heterocycles. The van der Waals surface area contributed by atoms with Gasteiger partial charge >= 0.3 is 11.9 Å². The molecule has 0 aliphatic heterocycles. The number of carboxylic acids is 3. The van der Waals surface area contributed by atoms with Crippen molar-refractivity contribution in [1.82, 2.24) is 0 Å². The Hall–Kier alpha value is -1.89. The number of carbonyl (C=O) groups excluding carboxylic acids is 1. The Bertz CT molecular complexity index is 617. The van der Waals surface area contributed by atoms with Gasteiger partial charge in [0.1, 0.15) is 11.8 Å². The van der Waals surface area contributed by atoms with Crippen LogP contribution in [0.15, 0.2) is 12.2 Å². The monoisotopic (exact) mass is 539 g/mol. The van der Waals surface area contributed by atoms with Crippen molar-refractivity contribution < 1.29 is 34.2 Å². The molecule has 3 unspecified atom stereocenters. The summed E-state index contributed by atoms with van der Waals surface area (Å²) in [6.45, 7) is 8.98. The number of carboxylic acid groups (broad SMARTS) is 3. The van der Waals surface area contributed by atoms with Gasteiger partial charge in [-0.25, -0.2) is 0 Å². The number of aliphatic carboxylic acids is 3. The van der Waals surface area contributed by atoms with Gasteiger partial charge in [0.2, 0.25) is 0 Å². The Kier molecular flexibility index (Phi) is 20.9. The van der Waals surface area contributed by atoms with Gasteiger partial charge in [0, 0.05) is 5.92 Å². The number of nitrogens with zero attached hydrogens (tertiary/aromatic N) is 1. The molecule has 0 amide bonds. The minimum Gasteiger partial charge on any atom is -0.550 e. The van der Waals surface area contributed by atoms with E-state index in [4.69, 9.17) is 0 Å². The molecule has 0 fully saturated rings. The highest BCUT2D eigenvalue weighted by molar-refractivity contribution is 5.70. The summed E-state index contributed by atoms with van der Waals surface area (Å²) in [5, 5.41) is 31.4. The number of hydrogen-bond acceptors (Lipinski definition) is 4. The van der Waals surface area contributed by atoms with Crippen LogP contribution in [-0.2, 0) is 14.4 Å². The number of quaternary nitrogens is 1. The maximum atomic E-state index is 11.9. The van der Waals surface area contributed by atoms with Crippen molar-refractivity contribution in [3.05, 3.63) is 12.2 Å². The van der Waals surface area contributed by atoms with Crippen molar-refractivity contribution >= 4 is 17.9 Å². The maximum absolute atomic E-state index is 11.9. The zero-order valence-electron chi connectivity index (χ0n) is 24.8. The zero-order valence-corrected chi connectivity index (χ0v) is 24.8. The van der Waals surface area contributed by atoms with E-state index in [0.717, 1.165) is 32.1 Å². The van der Waals surface area contributed by atoms with Gasteiger partial charge in [-0.05, 0) is 57.8 Å². The smallest absolute Gasteiger partial charge is 0.312 e. The van der Waals surface area contributed by atoms with Crippen LogP contribution in [0.2, 0.25) is 0 Å². The normalized spacial score (nSPS) is 15.7. The molecular formula is C31H57NO6. The quantitative estimate of drug-likeness (QED) is 0.0784. The van der Waals surface area contributed by atoms with E-state index in [1.165, 1.54) is 44.9 Å². The van der Waals surface area contributed by atoms with E-state index in [9.17, 15) is 29.7 Å². The molecule has 38 heavy (non-hydrogen) atoms. The second-order valence-corrected chi connectivity index (χ2v) is 11.2. The minimum atomic E-state index is -1.14. The van der Waals surface area contributed by atoms with Gasteiger partial charge in [0.15, 0.2) is 0 Å². The lowest BCUT2D eigenvalue weighted by Gasteiger charge is -2.44. The van der Waals surface area contributed by atoms with Crippen molar-refractivity contribution in [2.45, 2.75) is 124 Å². The van der Waals surface area contributed by atoms with Crippen LogP contribution in [0, 0.1) is 17.8 Å². The van der Waals surface area contributed by atoms with Crippen LogP contribution in [0.5, 0.6) is 0 Å². The fourth-order valence-corrected chi connectivity index (χ4v) is 5.38. The van der Waals surface area contributed by atoms with Gasteiger partial charge in [-0.1, -0.05) is 78.4 Å². The number of allylic oxidation sites excluding steroid dienone is 2. The molecule has 0 aromatic carbocycles. The minimum absolute atomic E-state index is 0.213. The Morgan fingerprint density at radius 1 is 0.632 bits per heavy atom. The third-order valence-electron chi connectivity index (χ3n) is 7.98. The topological polar surface area (TPSA) is 115 Å². The molecule has 7 heteroatoms. The second-order valence-electron chi connectivity index (χ2n) is 11.2. The molecule has 0 aromatic rings. The molecule has 0 aliphatic rings.